The monoisotopic (exact) mass is 231 g/mol. The van der Waals surface area contributed by atoms with Crippen LogP contribution in [0.5, 0.6) is 0 Å². The van der Waals surface area contributed by atoms with Gasteiger partial charge >= 0.3 is 12.1 Å². The van der Waals surface area contributed by atoms with Crippen molar-refractivity contribution in [3.8, 4) is 0 Å². The predicted molar refractivity (Wildman–Crippen MR) is 48.0 cm³/mol. The maximum Gasteiger partial charge on any atom is 0.397 e. The molecule has 0 aliphatic rings. The maximum absolute atomic E-state index is 11.7. The van der Waals surface area contributed by atoms with E-state index in [4.69, 9.17) is 5.73 Å². The third-order valence-corrected chi connectivity index (χ3v) is 2.40. The van der Waals surface area contributed by atoms with Crippen LogP contribution in [0.1, 0.15) is 6.42 Å². The lowest BCUT2D eigenvalue weighted by Crippen LogP contribution is -2.32. The van der Waals surface area contributed by atoms with Crippen molar-refractivity contribution in [2.45, 2.75) is 18.6 Å². The van der Waals surface area contributed by atoms with E-state index in [0.29, 0.717) is 11.8 Å². The Hall–Kier alpha value is -0.430. The zero-order valence-corrected chi connectivity index (χ0v) is 8.45. The Balaban J connectivity index is 3.50. The van der Waals surface area contributed by atoms with E-state index >= 15 is 0 Å². The van der Waals surface area contributed by atoms with Gasteiger partial charge in [0, 0.05) is 0 Å². The Morgan fingerprint density at radius 1 is 1.57 bits per heavy atom. The zero-order valence-electron chi connectivity index (χ0n) is 7.63. The van der Waals surface area contributed by atoms with Crippen molar-refractivity contribution < 1.29 is 22.7 Å². The topological polar surface area (TPSA) is 52.3 Å². The van der Waals surface area contributed by atoms with Crippen molar-refractivity contribution in [3.63, 3.8) is 0 Å². The summed E-state index contributed by atoms with van der Waals surface area (Å²) in [4.78, 5) is 10.7. The lowest BCUT2D eigenvalue weighted by Gasteiger charge is -2.09. The normalized spacial score (nSPS) is 13.8. The third-order valence-electron chi connectivity index (χ3n) is 1.34. The van der Waals surface area contributed by atoms with Crippen molar-refractivity contribution in [3.05, 3.63) is 0 Å². The number of ether oxygens (including phenoxy) is 1. The SMILES string of the molecule is COC(=O)C(N)CCSCC(F)(F)F. The van der Waals surface area contributed by atoms with Gasteiger partial charge in [0.2, 0.25) is 0 Å². The number of carbonyl (C=O) groups excluding carboxylic acids is 1. The van der Waals surface area contributed by atoms with E-state index in [0.717, 1.165) is 0 Å². The second-order valence-electron chi connectivity index (χ2n) is 2.59. The molecule has 1 atom stereocenters. The summed E-state index contributed by atoms with van der Waals surface area (Å²) in [7, 11) is 1.19. The van der Waals surface area contributed by atoms with E-state index in [9.17, 15) is 18.0 Å². The molecule has 0 fully saturated rings. The Kier molecular flexibility index (Phi) is 5.94. The number of thioether (sulfide) groups is 1. The van der Waals surface area contributed by atoms with E-state index in [1.807, 2.05) is 0 Å². The van der Waals surface area contributed by atoms with Gasteiger partial charge in [-0.1, -0.05) is 0 Å². The van der Waals surface area contributed by atoms with Crippen LogP contribution in [-0.2, 0) is 9.53 Å². The number of hydrogen-bond acceptors (Lipinski definition) is 4. The minimum atomic E-state index is -4.17. The second kappa shape index (κ2) is 6.13. The van der Waals surface area contributed by atoms with Crippen molar-refractivity contribution in [2.24, 2.45) is 5.73 Å². The van der Waals surface area contributed by atoms with E-state index in [-0.39, 0.29) is 12.2 Å². The minimum Gasteiger partial charge on any atom is -0.468 e. The standard InChI is InChI=1S/C7H12F3NO2S/c1-13-6(12)5(11)2-3-14-4-7(8,9)10/h5H,2-4,11H2,1H3. The molecule has 0 spiro atoms. The lowest BCUT2D eigenvalue weighted by molar-refractivity contribution is -0.142. The highest BCUT2D eigenvalue weighted by Gasteiger charge is 2.26. The number of esters is 1. The molecule has 0 radical (unpaired) electrons. The highest BCUT2D eigenvalue weighted by Crippen LogP contribution is 2.21. The van der Waals surface area contributed by atoms with Gasteiger partial charge in [0.15, 0.2) is 0 Å². The molecule has 0 rings (SSSR count). The Bertz CT molecular complexity index is 186. The van der Waals surface area contributed by atoms with Gasteiger partial charge in [0.25, 0.3) is 0 Å². The van der Waals surface area contributed by atoms with Crippen LogP contribution in [0.3, 0.4) is 0 Å². The molecule has 0 aromatic rings. The first-order chi connectivity index (χ1) is 6.37. The molecule has 0 saturated heterocycles. The van der Waals surface area contributed by atoms with Crippen LogP contribution in [0, 0.1) is 0 Å². The number of methoxy groups -OCH3 is 1. The van der Waals surface area contributed by atoms with Gasteiger partial charge < -0.3 is 10.5 Å². The molecule has 0 aliphatic carbocycles. The van der Waals surface area contributed by atoms with Gasteiger partial charge in [-0.2, -0.15) is 24.9 Å². The average Bonchev–Trinajstić information content (AvgIpc) is 2.09. The molecule has 0 bridgehead atoms. The number of rotatable bonds is 5. The van der Waals surface area contributed by atoms with Crippen LogP contribution < -0.4 is 5.73 Å². The van der Waals surface area contributed by atoms with Crippen LogP contribution >= 0.6 is 11.8 Å². The summed E-state index contributed by atoms with van der Waals surface area (Å²) in [5.41, 5.74) is 5.31. The molecule has 0 amide bonds. The van der Waals surface area contributed by atoms with Gasteiger partial charge in [-0.05, 0) is 12.2 Å². The summed E-state index contributed by atoms with van der Waals surface area (Å²) < 4.78 is 39.3. The molecule has 0 saturated carbocycles. The summed E-state index contributed by atoms with van der Waals surface area (Å²) in [5, 5.41) is 0. The van der Waals surface area contributed by atoms with Crippen LogP contribution in [0.15, 0.2) is 0 Å². The molecule has 3 nitrogen and oxygen atoms in total. The largest absolute Gasteiger partial charge is 0.468 e. The number of alkyl halides is 3. The summed E-state index contributed by atoms with van der Waals surface area (Å²) in [6.45, 7) is 0. The zero-order chi connectivity index (χ0) is 11.2. The molecular weight excluding hydrogens is 219 g/mol. The fourth-order valence-corrected chi connectivity index (χ4v) is 1.46. The minimum absolute atomic E-state index is 0.188. The summed E-state index contributed by atoms with van der Waals surface area (Å²) >= 11 is 0.704. The highest BCUT2D eigenvalue weighted by atomic mass is 32.2. The molecule has 84 valence electrons. The van der Waals surface area contributed by atoms with Crippen LogP contribution in [-0.4, -0.2) is 36.8 Å². The van der Waals surface area contributed by atoms with Gasteiger partial charge in [-0.25, -0.2) is 0 Å². The van der Waals surface area contributed by atoms with Crippen molar-refractivity contribution in [1.29, 1.82) is 0 Å². The fourth-order valence-electron chi connectivity index (χ4n) is 0.667. The molecule has 0 aliphatic heterocycles. The fraction of sp³-hybridized carbons (Fsp3) is 0.857. The van der Waals surface area contributed by atoms with Gasteiger partial charge in [0.1, 0.15) is 6.04 Å². The number of hydrogen-bond donors (Lipinski definition) is 1. The molecule has 0 aromatic heterocycles. The maximum atomic E-state index is 11.7. The lowest BCUT2D eigenvalue weighted by atomic mass is 10.2. The smallest absolute Gasteiger partial charge is 0.397 e. The molecule has 2 N–H and O–H groups in total. The molecule has 0 aromatic carbocycles. The second-order valence-corrected chi connectivity index (χ2v) is 3.69. The van der Waals surface area contributed by atoms with Crippen molar-refractivity contribution in [1.82, 2.24) is 0 Å². The summed E-state index contributed by atoms with van der Waals surface area (Å²) in [6.07, 6.45) is -3.98. The van der Waals surface area contributed by atoms with Crippen LogP contribution in [0.2, 0.25) is 0 Å². The van der Waals surface area contributed by atoms with Gasteiger partial charge in [0.05, 0.1) is 12.9 Å². The molecule has 14 heavy (non-hydrogen) atoms. The highest BCUT2D eigenvalue weighted by molar-refractivity contribution is 7.99. The Morgan fingerprint density at radius 2 is 2.14 bits per heavy atom. The van der Waals surface area contributed by atoms with Crippen molar-refractivity contribution in [2.75, 3.05) is 18.6 Å². The Morgan fingerprint density at radius 3 is 2.57 bits per heavy atom. The average molecular weight is 231 g/mol. The molecule has 0 heterocycles. The van der Waals surface area contributed by atoms with Gasteiger partial charge in [-0.3, -0.25) is 4.79 Å². The third kappa shape index (κ3) is 7.02. The number of nitrogens with two attached hydrogens (primary N) is 1. The Labute approximate surface area is 84.2 Å². The molecule has 7 heteroatoms. The summed E-state index contributed by atoms with van der Waals surface area (Å²) in [6, 6.07) is -0.833. The number of carbonyl (C=O) groups is 1. The van der Waals surface area contributed by atoms with Crippen molar-refractivity contribution >= 4 is 17.7 Å². The first kappa shape index (κ1) is 13.6. The quantitative estimate of drug-likeness (QED) is 0.570. The van der Waals surface area contributed by atoms with E-state index in [2.05, 4.69) is 4.74 Å². The molecule has 1 unspecified atom stereocenters. The van der Waals surface area contributed by atoms with E-state index in [1.165, 1.54) is 7.11 Å². The van der Waals surface area contributed by atoms with Gasteiger partial charge in [-0.15, -0.1) is 0 Å². The van der Waals surface area contributed by atoms with Crippen LogP contribution in [0.4, 0.5) is 13.2 Å². The number of halogens is 3. The first-order valence-corrected chi connectivity index (χ1v) is 5.00. The summed E-state index contributed by atoms with van der Waals surface area (Å²) in [5.74, 6) is -1.32. The van der Waals surface area contributed by atoms with Crippen LogP contribution in [0.25, 0.3) is 0 Å². The van der Waals surface area contributed by atoms with E-state index < -0.39 is 23.9 Å². The molecular formula is C7H12F3NO2S. The predicted octanol–water partition coefficient (Wildman–Crippen LogP) is 1.17. The first-order valence-electron chi connectivity index (χ1n) is 3.84. The van der Waals surface area contributed by atoms with E-state index in [1.54, 1.807) is 0 Å².